The van der Waals surface area contributed by atoms with Crippen LogP contribution in [0, 0.1) is 0 Å². The molecule has 4 heteroatoms. The maximum atomic E-state index is 10.3. The zero-order valence-corrected chi connectivity index (χ0v) is 6.20. The summed E-state index contributed by atoms with van der Waals surface area (Å²) in [5, 5.41) is 0. The lowest BCUT2D eigenvalue weighted by Gasteiger charge is -1.81. The van der Waals surface area contributed by atoms with Crippen LogP contribution in [0.1, 0.15) is 0 Å². The van der Waals surface area contributed by atoms with Gasteiger partial charge in [-0.05, 0) is 12.5 Å². The summed E-state index contributed by atoms with van der Waals surface area (Å²) >= 11 is 2.79. The third-order valence-electron chi connectivity index (χ3n) is 0.298. The van der Waals surface area contributed by atoms with Gasteiger partial charge in [-0.1, -0.05) is 22.8 Å². The zero-order valence-electron chi connectivity index (χ0n) is 3.67. The van der Waals surface area contributed by atoms with Crippen LogP contribution in [-0.4, -0.2) is 12.5 Å². The molecule has 0 amide bonds. The van der Waals surface area contributed by atoms with Crippen molar-refractivity contribution in [3.05, 3.63) is 0 Å². The second-order valence-electron chi connectivity index (χ2n) is 0.589. The summed E-state index contributed by atoms with van der Waals surface area (Å²) in [6.07, 6.45) is 2.69. The second kappa shape index (κ2) is 3.97. The largest absolute Gasteiger partial charge is 0.263 e. The summed E-state index contributed by atoms with van der Waals surface area (Å²) in [5.74, 6) is 0. The summed E-state index contributed by atoms with van der Waals surface area (Å²) in [6, 6.07) is 0. The van der Waals surface area contributed by atoms with Crippen molar-refractivity contribution < 1.29 is 4.57 Å². The molecule has 0 aliphatic heterocycles. The fraction of sp³-hybridized carbons (Fsp3) is 1.00. The van der Waals surface area contributed by atoms with E-state index in [1.165, 1.54) is 22.8 Å². The van der Waals surface area contributed by atoms with Crippen LogP contribution in [0.2, 0.25) is 0 Å². The van der Waals surface area contributed by atoms with Crippen LogP contribution >= 0.6 is 29.0 Å². The van der Waals surface area contributed by atoms with Gasteiger partial charge in [-0.15, -0.1) is 0 Å². The summed E-state index contributed by atoms with van der Waals surface area (Å²) in [5.41, 5.74) is 0. The summed E-state index contributed by atoms with van der Waals surface area (Å²) in [4.78, 5) is 0. The molecular formula is C2H6OPS2. The van der Waals surface area contributed by atoms with E-state index in [1.807, 2.05) is 12.5 Å². The first-order valence-corrected chi connectivity index (χ1v) is 6.28. The maximum absolute atomic E-state index is 10.3. The van der Waals surface area contributed by atoms with Crippen LogP contribution < -0.4 is 0 Å². The minimum atomic E-state index is -0.993. The maximum Gasteiger partial charge on any atom is 0.193 e. The Morgan fingerprint density at radius 3 is 1.67 bits per heavy atom. The normalized spacial score (nSPS) is 8.33. The molecule has 0 N–H and O–H groups in total. The molecule has 0 saturated heterocycles. The van der Waals surface area contributed by atoms with Crippen LogP contribution in [0.5, 0.6) is 0 Å². The van der Waals surface area contributed by atoms with Crippen molar-refractivity contribution in [2.45, 2.75) is 0 Å². The predicted octanol–water partition coefficient (Wildman–Crippen LogP) is 2.37. The standard InChI is InChI=1S/C2H6OPS2/c1-5-4(3)6-2/h1-2H3. The molecule has 0 saturated carbocycles. The molecule has 0 heterocycles. The van der Waals surface area contributed by atoms with Gasteiger partial charge in [-0.3, -0.25) is 4.57 Å². The third kappa shape index (κ3) is 3.01. The van der Waals surface area contributed by atoms with Crippen LogP contribution in [0.25, 0.3) is 0 Å². The molecule has 0 aromatic carbocycles. The monoisotopic (exact) mass is 141 g/mol. The Morgan fingerprint density at radius 2 is 1.67 bits per heavy atom. The lowest BCUT2D eigenvalue weighted by Crippen LogP contribution is -1.34. The zero-order chi connectivity index (χ0) is 4.99. The number of hydrogen-bond acceptors (Lipinski definition) is 3. The van der Waals surface area contributed by atoms with Gasteiger partial charge >= 0.3 is 0 Å². The van der Waals surface area contributed by atoms with Gasteiger partial charge < -0.3 is 0 Å². The van der Waals surface area contributed by atoms with E-state index >= 15 is 0 Å². The molecule has 0 spiro atoms. The van der Waals surface area contributed by atoms with E-state index in [0.29, 0.717) is 0 Å². The highest BCUT2D eigenvalue weighted by molar-refractivity contribution is 8.84. The van der Waals surface area contributed by atoms with Crippen LogP contribution in [0.4, 0.5) is 0 Å². The molecular weight excluding hydrogens is 135 g/mol. The first-order valence-electron chi connectivity index (χ1n) is 1.36. The topological polar surface area (TPSA) is 17.1 Å². The minimum absolute atomic E-state index is 0.993. The molecule has 0 aliphatic rings. The van der Waals surface area contributed by atoms with Crippen LogP contribution in [-0.2, 0) is 4.57 Å². The van der Waals surface area contributed by atoms with E-state index in [-0.39, 0.29) is 0 Å². The lowest BCUT2D eigenvalue weighted by molar-refractivity contribution is 0.603. The van der Waals surface area contributed by atoms with Gasteiger partial charge in [0.1, 0.15) is 0 Å². The highest BCUT2D eigenvalue weighted by Crippen LogP contribution is 2.46. The molecule has 0 aromatic rings. The van der Waals surface area contributed by atoms with E-state index < -0.39 is 6.20 Å². The quantitative estimate of drug-likeness (QED) is 0.549. The van der Waals surface area contributed by atoms with Gasteiger partial charge in [0.25, 0.3) is 0 Å². The van der Waals surface area contributed by atoms with Gasteiger partial charge in [0.05, 0.1) is 0 Å². The molecule has 1 nitrogen and oxygen atoms in total. The van der Waals surface area contributed by atoms with Crippen molar-refractivity contribution in [1.82, 2.24) is 0 Å². The fourth-order valence-corrected chi connectivity index (χ4v) is 2.01. The third-order valence-corrected chi connectivity index (χ3v) is 5.37. The molecule has 6 heavy (non-hydrogen) atoms. The average molecular weight is 141 g/mol. The highest BCUT2D eigenvalue weighted by atomic mass is 33.1. The summed E-state index contributed by atoms with van der Waals surface area (Å²) < 4.78 is 10.3. The van der Waals surface area contributed by atoms with Gasteiger partial charge in [-0.25, -0.2) is 0 Å². The van der Waals surface area contributed by atoms with Gasteiger partial charge in [0.15, 0.2) is 6.20 Å². The first-order chi connectivity index (χ1) is 2.81. The Kier molecular flexibility index (Phi) is 4.50. The lowest BCUT2D eigenvalue weighted by atomic mass is 12.0. The molecule has 0 rings (SSSR count). The Balaban J connectivity index is 2.99. The van der Waals surface area contributed by atoms with E-state index in [2.05, 4.69) is 0 Å². The van der Waals surface area contributed by atoms with Crippen molar-refractivity contribution in [2.24, 2.45) is 0 Å². The van der Waals surface area contributed by atoms with E-state index in [1.54, 1.807) is 0 Å². The van der Waals surface area contributed by atoms with E-state index in [9.17, 15) is 4.57 Å². The molecule has 0 aliphatic carbocycles. The Labute approximate surface area is 46.6 Å². The van der Waals surface area contributed by atoms with Crippen molar-refractivity contribution in [3.8, 4) is 0 Å². The average Bonchev–Trinajstić information content (AvgIpc) is 1.65. The second-order valence-corrected chi connectivity index (χ2v) is 6.64. The van der Waals surface area contributed by atoms with Gasteiger partial charge in [0.2, 0.25) is 0 Å². The van der Waals surface area contributed by atoms with Crippen LogP contribution in [0.15, 0.2) is 0 Å². The first kappa shape index (κ1) is 6.80. The predicted molar refractivity (Wildman–Crippen MR) is 34.6 cm³/mol. The summed E-state index contributed by atoms with van der Waals surface area (Å²) in [7, 11) is 0. The highest BCUT2D eigenvalue weighted by Gasteiger charge is 1.87. The molecule has 0 bridgehead atoms. The number of rotatable bonds is 2. The van der Waals surface area contributed by atoms with E-state index in [4.69, 9.17) is 0 Å². The van der Waals surface area contributed by atoms with Crippen LogP contribution in [0.3, 0.4) is 0 Å². The molecule has 0 aromatic heterocycles. The molecule has 0 fully saturated rings. The van der Waals surface area contributed by atoms with Crippen molar-refractivity contribution >= 4 is 29.0 Å². The Hall–Kier alpha value is 0.800. The summed E-state index contributed by atoms with van der Waals surface area (Å²) in [6.45, 7) is 0. The van der Waals surface area contributed by atoms with E-state index in [0.717, 1.165) is 0 Å². The van der Waals surface area contributed by atoms with Gasteiger partial charge in [-0.2, -0.15) is 0 Å². The SMILES string of the molecule is CS[P](=O)SC. The molecule has 1 radical (unpaired) electrons. The van der Waals surface area contributed by atoms with Gasteiger partial charge in [0, 0.05) is 0 Å². The Bertz CT molecular complexity index is 49.5. The molecule has 37 valence electrons. The molecule has 0 atom stereocenters. The van der Waals surface area contributed by atoms with Crippen molar-refractivity contribution in [1.29, 1.82) is 0 Å². The minimum Gasteiger partial charge on any atom is -0.263 e. The Morgan fingerprint density at radius 1 is 1.33 bits per heavy atom. The fourth-order valence-electron chi connectivity index (χ4n) is 0.0745. The number of hydrogen-bond donors (Lipinski definition) is 0. The van der Waals surface area contributed by atoms with Crippen molar-refractivity contribution in [2.75, 3.05) is 12.5 Å². The smallest absolute Gasteiger partial charge is 0.193 e. The molecule has 0 unspecified atom stereocenters. The van der Waals surface area contributed by atoms with Crippen molar-refractivity contribution in [3.63, 3.8) is 0 Å².